The van der Waals surface area contributed by atoms with Crippen molar-refractivity contribution in [3.63, 3.8) is 0 Å². The van der Waals surface area contributed by atoms with E-state index < -0.39 is 0 Å². The lowest BCUT2D eigenvalue weighted by Crippen LogP contribution is -2.00. The normalized spacial score (nSPS) is 11.6. The standard InChI is InChI=1S/C20H14N4O2S/c1-24-19-15(9-23-24)20(22-11-21-19)27-10-13-8-17(25)26-16-7-6-12-4-2-3-5-14(12)18(13)16/h2-9,11H,10H2,1H3. The van der Waals surface area contributed by atoms with E-state index in [1.54, 1.807) is 35.0 Å². The average molecular weight is 374 g/mol. The number of hydrogen-bond acceptors (Lipinski definition) is 6. The van der Waals surface area contributed by atoms with Gasteiger partial charge >= 0.3 is 5.63 Å². The molecule has 3 aromatic heterocycles. The summed E-state index contributed by atoms with van der Waals surface area (Å²) in [4.78, 5) is 20.7. The Morgan fingerprint density at radius 1 is 1.11 bits per heavy atom. The highest BCUT2D eigenvalue weighted by Gasteiger charge is 2.13. The zero-order chi connectivity index (χ0) is 18.4. The average Bonchev–Trinajstić information content (AvgIpc) is 3.07. The molecule has 0 aliphatic rings. The summed E-state index contributed by atoms with van der Waals surface area (Å²) in [5.41, 5.74) is 1.97. The first-order chi connectivity index (χ1) is 13.2. The quantitative estimate of drug-likeness (QED) is 0.206. The third-order valence-corrected chi connectivity index (χ3v) is 5.63. The summed E-state index contributed by atoms with van der Waals surface area (Å²) < 4.78 is 7.16. The molecule has 0 amide bonds. The molecule has 0 aliphatic heterocycles. The Morgan fingerprint density at radius 3 is 2.93 bits per heavy atom. The Bertz CT molecular complexity index is 1370. The topological polar surface area (TPSA) is 73.8 Å². The zero-order valence-electron chi connectivity index (χ0n) is 14.4. The Labute approximate surface area is 157 Å². The van der Waals surface area contributed by atoms with Crippen molar-refractivity contribution in [3.8, 4) is 0 Å². The number of benzene rings is 2. The molecular weight excluding hydrogens is 360 g/mol. The molecule has 0 bridgehead atoms. The number of thioether (sulfide) groups is 1. The van der Waals surface area contributed by atoms with Crippen LogP contribution in [0.15, 0.2) is 69.2 Å². The zero-order valence-corrected chi connectivity index (χ0v) is 15.2. The van der Waals surface area contributed by atoms with Crippen molar-refractivity contribution in [1.82, 2.24) is 19.7 Å². The molecular formula is C20H14N4O2S. The summed E-state index contributed by atoms with van der Waals surface area (Å²) >= 11 is 1.56. The van der Waals surface area contributed by atoms with Crippen LogP contribution < -0.4 is 5.63 Å². The van der Waals surface area contributed by atoms with Crippen LogP contribution in [0.1, 0.15) is 5.56 Å². The van der Waals surface area contributed by atoms with Crippen molar-refractivity contribution < 1.29 is 4.42 Å². The molecule has 27 heavy (non-hydrogen) atoms. The molecule has 132 valence electrons. The van der Waals surface area contributed by atoms with Gasteiger partial charge in [0.05, 0.1) is 11.6 Å². The van der Waals surface area contributed by atoms with Crippen molar-refractivity contribution in [2.45, 2.75) is 10.8 Å². The van der Waals surface area contributed by atoms with Gasteiger partial charge in [0.1, 0.15) is 16.9 Å². The fourth-order valence-electron chi connectivity index (χ4n) is 3.34. The maximum absolute atomic E-state index is 12.1. The molecule has 0 aliphatic carbocycles. The van der Waals surface area contributed by atoms with Crippen molar-refractivity contribution in [2.75, 3.05) is 0 Å². The van der Waals surface area contributed by atoms with Gasteiger partial charge in [0.2, 0.25) is 0 Å². The highest BCUT2D eigenvalue weighted by Crippen LogP contribution is 2.32. The highest BCUT2D eigenvalue weighted by molar-refractivity contribution is 7.98. The maximum Gasteiger partial charge on any atom is 0.336 e. The first kappa shape index (κ1) is 16.0. The summed E-state index contributed by atoms with van der Waals surface area (Å²) in [7, 11) is 1.85. The van der Waals surface area contributed by atoms with Crippen LogP contribution in [0.4, 0.5) is 0 Å². The van der Waals surface area contributed by atoms with Gasteiger partial charge in [-0.2, -0.15) is 5.10 Å². The molecule has 5 aromatic rings. The number of rotatable bonds is 3. The fourth-order valence-corrected chi connectivity index (χ4v) is 4.28. The summed E-state index contributed by atoms with van der Waals surface area (Å²) in [6.07, 6.45) is 3.31. The van der Waals surface area contributed by atoms with Gasteiger partial charge in [-0.15, -0.1) is 11.8 Å². The fraction of sp³-hybridized carbons (Fsp3) is 0.100. The molecule has 6 nitrogen and oxygen atoms in total. The summed E-state index contributed by atoms with van der Waals surface area (Å²) in [5, 5.41) is 9.15. The van der Waals surface area contributed by atoms with E-state index in [9.17, 15) is 4.79 Å². The van der Waals surface area contributed by atoms with Crippen LogP contribution in [0.25, 0.3) is 32.8 Å². The van der Waals surface area contributed by atoms with Gasteiger partial charge < -0.3 is 4.42 Å². The van der Waals surface area contributed by atoms with Crippen LogP contribution in [0.5, 0.6) is 0 Å². The molecule has 0 N–H and O–H groups in total. The summed E-state index contributed by atoms with van der Waals surface area (Å²) in [6, 6.07) is 13.5. The predicted octanol–water partition coefficient (Wildman–Crippen LogP) is 3.92. The lowest BCUT2D eigenvalue weighted by molar-refractivity contribution is 0.560. The van der Waals surface area contributed by atoms with E-state index >= 15 is 0 Å². The van der Waals surface area contributed by atoms with E-state index in [0.717, 1.165) is 37.8 Å². The van der Waals surface area contributed by atoms with Crippen LogP contribution in [0, 0.1) is 0 Å². The molecule has 0 saturated heterocycles. The van der Waals surface area contributed by atoms with Crippen LogP contribution in [0.2, 0.25) is 0 Å². The SMILES string of the molecule is Cn1ncc2c(SCc3cc(=O)oc4ccc5ccccc5c34)ncnc21. The predicted molar refractivity (Wildman–Crippen MR) is 106 cm³/mol. The lowest BCUT2D eigenvalue weighted by Gasteiger charge is -2.08. The van der Waals surface area contributed by atoms with E-state index in [4.69, 9.17) is 4.42 Å². The summed E-state index contributed by atoms with van der Waals surface area (Å²) in [6.45, 7) is 0. The van der Waals surface area contributed by atoms with Gasteiger partial charge in [0, 0.05) is 24.3 Å². The second kappa shape index (κ2) is 6.21. The highest BCUT2D eigenvalue weighted by atomic mass is 32.2. The van der Waals surface area contributed by atoms with E-state index in [1.807, 2.05) is 31.3 Å². The molecule has 3 heterocycles. The number of aryl methyl sites for hydroxylation is 1. The van der Waals surface area contributed by atoms with Gasteiger partial charge in [-0.3, -0.25) is 4.68 Å². The van der Waals surface area contributed by atoms with Gasteiger partial charge in [-0.25, -0.2) is 14.8 Å². The lowest BCUT2D eigenvalue weighted by atomic mass is 10.0. The largest absolute Gasteiger partial charge is 0.423 e. The Kier molecular flexibility index (Phi) is 3.68. The van der Waals surface area contributed by atoms with Crippen LogP contribution in [0.3, 0.4) is 0 Å². The first-order valence-electron chi connectivity index (χ1n) is 8.41. The van der Waals surface area contributed by atoms with Crippen molar-refractivity contribution >= 4 is 44.5 Å². The molecule has 7 heteroatoms. The number of nitrogens with zero attached hydrogens (tertiary/aromatic N) is 4. The van der Waals surface area contributed by atoms with Crippen molar-refractivity contribution in [3.05, 3.63) is 71.0 Å². The Hall–Kier alpha value is -3.19. The molecule has 2 aromatic carbocycles. The van der Waals surface area contributed by atoms with Gasteiger partial charge in [-0.1, -0.05) is 30.3 Å². The second-order valence-electron chi connectivity index (χ2n) is 6.22. The smallest absolute Gasteiger partial charge is 0.336 e. The van der Waals surface area contributed by atoms with E-state index in [1.165, 1.54) is 0 Å². The molecule has 0 spiro atoms. The third kappa shape index (κ3) is 2.67. The van der Waals surface area contributed by atoms with Crippen LogP contribution in [-0.4, -0.2) is 19.7 Å². The molecule has 0 fully saturated rings. The minimum absolute atomic E-state index is 0.345. The summed E-state index contributed by atoms with van der Waals surface area (Å²) in [5.74, 6) is 0.594. The third-order valence-electron chi connectivity index (χ3n) is 4.57. The van der Waals surface area contributed by atoms with E-state index in [2.05, 4.69) is 27.2 Å². The molecule has 0 unspecified atom stereocenters. The molecule has 0 atom stereocenters. The van der Waals surface area contributed by atoms with Gasteiger partial charge in [0.25, 0.3) is 0 Å². The van der Waals surface area contributed by atoms with Crippen LogP contribution >= 0.6 is 11.8 Å². The minimum Gasteiger partial charge on any atom is -0.423 e. The van der Waals surface area contributed by atoms with E-state index in [-0.39, 0.29) is 5.63 Å². The Morgan fingerprint density at radius 2 is 2.00 bits per heavy atom. The van der Waals surface area contributed by atoms with Crippen LogP contribution in [-0.2, 0) is 12.8 Å². The number of hydrogen-bond donors (Lipinski definition) is 0. The van der Waals surface area contributed by atoms with E-state index in [0.29, 0.717) is 11.3 Å². The molecule has 0 saturated carbocycles. The Balaban J connectivity index is 1.64. The van der Waals surface area contributed by atoms with Crippen molar-refractivity contribution in [1.29, 1.82) is 0 Å². The van der Waals surface area contributed by atoms with Gasteiger partial charge in [0.15, 0.2) is 5.65 Å². The minimum atomic E-state index is -0.345. The second-order valence-corrected chi connectivity index (χ2v) is 7.19. The first-order valence-corrected chi connectivity index (χ1v) is 9.39. The number of fused-ring (bicyclic) bond motifs is 4. The number of aromatic nitrogens is 4. The molecule has 5 rings (SSSR count). The monoisotopic (exact) mass is 374 g/mol. The molecule has 0 radical (unpaired) electrons. The van der Waals surface area contributed by atoms with Crippen molar-refractivity contribution in [2.24, 2.45) is 7.05 Å². The maximum atomic E-state index is 12.1. The van der Waals surface area contributed by atoms with Gasteiger partial charge in [-0.05, 0) is 22.4 Å².